The Kier molecular flexibility index (Phi) is 33.8. The molecule has 0 atom stereocenters. The van der Waals surface area contributed by atoms with Crippen LogP contribution in [0, 0.1) is 0 Å². The third-order valence-corrected chi connectivity index (χ3v) is 10.6. The monoisotopic (exact) mass is 653 g/mol. The third kappa shape index (κ3) is 35.8. The SMILES string of the molecule is CCCCCCCCCCCCCCCCCCC(=O)O[Si](C)(C)OC(=O)CCCCCCCCCCCCCCCCCC. The Hall–Kier alpha value is -0.843. The second-order valence-electron chi connectivity index (χ2n) is 14.5. The van der Waals surface area contributed by atoms with Crippen LogP contribution in [0.3, 0.4) is 0 Å². The van der Waals surface area contributed by atoms with Crippen molar-refractivity contribution in [3.63, 3.8) is 0 Å². The van der Waals surface area contributed by atoms with Crippen LogP contribution >= 0.6 is 0 Å². The molecule has 0 fully saturated rings. The Morgan fingerprint density at radius 3 is 0.711 bits per heavy atom. The van der Waals surface area contributed by atoms with E-state index in [2.05, 4.69) is 13.8 Å². The molecule has 0 aliphatic heterocycles. The van der Waals surface area contributed by atoms with E-state index in [-0.39, 0.29) is 11.9 Å². The van der Waals surface area contributed by atoms with Crippen LogP contribution in [-0.2, 0) is 18.4 Å². The highest BCUT2D eigenvalue weighted by Gasteiger charge is 2.33. The van der Waals surface area contributed by atoms with E-state index in [9.17, 15) is 9.59 Å². The lowest BCUT2D eigenvalue weighted by atomic mass is 10.0. The maximum Gasteiger partial charge on any atom is 0.457 e. The van der Waals surface area contributed by atoms with Crippen LogP contribution in [0.5, 0.6) is 0 Å². The minimum absolute atomic E-state index is 0.202. The summed E-state index contributed by atoms with van der Waals surface area (Å²) in [5.41, 5.74) is 0. The molecule has 0 aromatic rings. The van der Waals surface area contributed by atoms with Gasteiger partial charge in [-0.3, -0.25) is 9.59 Å². The Morgan fingerprint density at radius 2 is 0.511 bits per heavy atom. The van der Waals surface area contributed by atoms with Crippen molar-refractivity contribution in [3.05, 3.63) is 0 Å². The molecular formula is C40H80O4Si. The molecule has 5 heteroatoms. The van der Waals surface area contributed by atoms with E-state index in [1.165, 1.54) is 180 Å². The molecule has 0 aliphatic rings. The van der Waals surface area contributed by atoms with Crippen molar-refractivity contribution in [3.8, 4) is 0 Å². The van der Waals surface area contributed by atoms with Gasteiger partial charge in [0, 0.05) is 25.9 Å². The van der Waals surface area contributed by atoms with Crippen molar-refractivity contribution in [2.75, 3.05) is 0 Å². The molecule has 0 spiro atoms. The molecule has 45 heavy (non-hydrogen) atoms. The zero-order valence-corrected chi connectivity index (χ0v) is 32.2. The van der Waals surface area contributed by atoms with Gasteiger partial charge >= 0.3 is 8.56 Å². The van der Waals surface area contributed by atoms with Gasteiger partial charge in [0.05, 0.1) is 0 Å². The molecule has 0 radical (unpaired) electrons. The maximum absolute atomic E-state index is 12.3. The summed E-state index contributed by atoms with van der Waals surface area (Å²) >= 11 is 0. The van der Waals surface area contributed by atoms with Crippen molar-refractivity contribution in [1.82, 2.24) is 0 Å². The minimum atomic E-state index is -2.75. The van der Waals surface area contributed by atoms with Gasteiger partial charge < -0.3 is 8.85 Å². The fourth-order valence-corrected chi connectivity index (χ4v) is 7.65. The first-order valence-corrected chi connectivity index (χ1v) is 23.2. The van der Waals surface area contributed by atoms with Crippen molar-refractivity contribution in [2.45, 2.75) is 245 Å². The summed E-state index contributed by atoms with van der Waals surface area (Å²) in [7, 11) is -2.75. The van der Waals surface area contributed by atoms with Crippen molar-refractivity contribution < 1.29 is 18.4 Å². The van der Waals surface area contributed by atoms with Crippen LogP contribution in [0.25, 0.3) is 0 Å². The molecule has 0 heterocycles. The van der Waals surface area contributed by atoms with Gasteiger partial charge in [0.25, 0.3) is 11.9 Å². The number of carbonyl (C=O) groups excluding carboxylic acids is 2. The first-order valence-electron chi connectivity index (χ1n) is 20.3. The van der Waals surface area contributed by atoms with Crippen LogP contribution in [0.4, 0.5) is 0 Å². The maximum atomic E-state index is 12.3. The third-order valence-electron chi connectivity index (χ3n) is 9.19. The summed E-state index contributed by atoms with van der Waals surface area (Å²) in [6.07, 6.45) is 43.1. The molecule has 268 valence electrons. The smallest absolute Gasteiger partial charge is 0.457 e. The van der Waals surface area contributed by atoms with E-state index >= 15 is 0 Å². The van der Waals surface area contributed by atoms with Crippen LogP contribution in [0.1, 0.15) is 232 Å². The average Bonchev–Trinajstić information content (AvgIpc) is 3.00. The molecule has 0 saturated carbocycles. The van der Waals surface area contributed by atoms with E-state index in [1.54, 1.807) is 0 Å². The zero-order valence-electron chi connectivity index (χ0n) is 31.2. The van der Waals surface area contributed by atoms with E-state index in [1.807, 2.05) is 13.1 Å². The predicted octanol–water partition coefficient (Wildman–Crippen LogP) is 14.1. The molecular weight excluding hydrogens is 573 g/mol. The Labute approximate surface area is 283 Å². The van der Waals surface area contributed by atoms with Gasteiger partial charge in [-0.2, -0.15) is 0 Å². The van der Waals surface area contributed by atoms with Gasteiger partial charge in [-0.25, -0.2) is 0 Å². The lowest BCUT2D eigenvalue weighted by Crippen LogP contribution is -2.39. The molecule has 0 saturated heterocycles. The highest BCUT2D eigenvalue weighted by atomic mass is 28.4. The normalized spacial score (nSPS) is 11.6. The summed E-state index contributed by atoms with van der Waals surface area (Å²) < 4.78 is 11.2. The summed E-state index contributed by atoms with van der Waals surface area (Å²) in [6.45, 7) is 8.18. The molecule has 0 amide bonds. The Balaban J connectivity index is 3.50. The van der Waals surface area contributed by atoms with Gasteiger partial charge in [0.1, 0.15) is 0 Å². The minimum Gasteiger partial charge on any atom is -0.485 e. The van der Waals surface area contributed by atoms with Crippen molar-refractivity contribution >= 4 is 20.5 Å². The van der Waals surface area contributed by atoms with Gasteiger partial charge in [0.2, 0.25) is 0 Å². The van der Waals surface area contributed by atoms with Gasteiger partial charge in [-0.15, -0.1) is 0 Å². The van der Waals surface area contributed by atoms with Crippen LogP contribution < -0.4 is 0 Å². The molecule has 0 rings (SSSR count). The molecule has 0 aromatic heterocycles. The van der Waals surface area contributed by atoms with Gasteiger partial charge in [-0.1, -0.05) is 206 Å². The van der Waals surface area contributed by atoms with E-state index in [0.717, 1.165) is 25.7 Å². The van der Waals surface area contributed by atoms with Crippen molar-refractivity contribution in [2.24, 2.45) is 0 Å². The Morgan fingerprint density at radius 1 is 0.333 bits per heavy atom. The quantitative estimate of drug-likeness (QED) is 0.0499. The first kappa shape index (κ1) is 44.2. The molecule has 0 N–H and O–H groups in total. The number of hydrogen-bond acceptors (Lipinski definition) is 4. The standard InChI is InChI=1S/C40H80O4Si/c1-5-7-9-11-13-15-17-19-21-23-25-27-29-31-33-35-37-39(41)43-45(3,4)44-40(42)38-36-34-32-30-28-26-24-22-20-18-16-14-12-10-8-6-2/h5-38H2,1-4H3. The second kappa shape index (κ2) is 34.5. The lowest BCUT2D eigenvalue weighted by molar-refractivity contribution is -0.141. The summed E-state index contributed by atoms with van der Waals surface area (Å²) in [5.74, 6) is -0.403. The van der Waals surface area contributed by atoms with Crippen molar-refractivity contribution in [1.29, 1.82) is 0 Å². The van der Waals surface area contributed by atoms with Gasteiger partial charge in [0.15, 0.2) is 0 Å². The van der Waals surface area contributed by atoms with Crippen LogP contribution in [-0.4, -0.2) is 20.5 Å². The van der Waals surface area contributed by atoms with E-state index in [4.69, 9.17) is 8.85 Å². The van der Waals surface area contributed by atoms with E-state index < -0.39 is 8.56 Å². The van der Waals surface area contributed by atoms with Crippen LogP contribution in [0.2, 0.25) is 13.1 Å². The van der Waals surface area contributed by atoms with Gasteiger partial charge in [-0.05, 0) is 12.8 Å². The molecule has 0 unspecified atom stereocenters. The Bertz CT molecular complexity index is 584. The zero-order chi connectivity index (χ0) is 33.1. The largest absolute Gasteiger partial charge is 0.485 e. The molecule has 0 aromatic carbocycles. The average molecular weight is 653 g/mol. The number of hydrogen-bond donors (Lipinski definition) is 0. The fourth-order valence-electron chi connectivity index (χ4n) is 6.31. The number of unbranched alkanes of at least 4 members (excludes halogenated alkanes) is 30. The van der Waals surface area contributed by atoms with E-state index in [0.29, 0.717) is 12.8 Å². The molecule has 4 nitrogen and oxygen atoms in total. The topological polar surface area (TPSA) is 52.6 Å². The summed E-state index contributed by atoms with van der Waals surface area (Å²) in [4.78, 5) is 24.7. The summed E-state index contributed by atoms with van der Waals surface area (Å²) in [5, 5.41) is 0. The highest BCUT2D eigenvalue weighted by Crippen LogP contribution is 2.17. The first-order chi connectivity index (χ1) is 21.9. The molecule has 0 aliphatic carbocycles. The number of rotatable bonds is 36. The second-order valence-corrected chi connectivity index (χ2v) is 17.7. The predicted molar refractivity (Wildman–Crippen MR) is 198 cm³/mol. The lowest BCUT2D eigenvalue weighted by Gasteiger charge is -2.22. The van der Waals surface area contributed by atoms with Crippen LogP contribution in [0.15, 0.2) is 0 Å². The highest BCUT2D eigenvalue weighted by molar-refractivity contribution is 6.67. The fraction of sp³-hybridized carbons (Fsp3) is 0.950. The summed E-state index contributed by atoms with van der Waals surface area (Å²) in [6, 6.07) is 0. The molecule has 0 bridgehead atoms. The number of carbonyl (C=O) groups is 2.